The second-order valence-corrected chi connectivity index (χ2v) is 5.26. The maximum atomic E-state index is 13.7. The first-order valence-corrected chi connectivity index (χ1v) is 7.40. The molecular weight excluding hydrogens is 337 g/mol. The summed E-state index contributed by atoms with van der Waals surface area (Å²) >= 11 is 5.80. The first kappa shape index (κ1) is 17.9. The van der Waals surface area contributed by atoms with E-state index >= 15 is 0 Å². The molecule has 0 aromatic heterocycles. The Morgan fingerprint density at radius 2 is 1.67 bits per heavy atom. The van der Waals surface area contributed by atoms with E-state index in [0.29, 0.717) is 22.8 Å². The summed E-state index contributed by atoms with van der Waals surface area (Å²) in [6.07, 6.45) is 0. The van der Waals surface area contributed by atoms with E-state index in [0.717, 1.165) is 6.07 Å². The van der Waals surface area contributed by atoms with E-state index in [9.17, 15) is 9.18 Å². The Morgan fingerprint density at radius 1 is 1.04 bits per heavy atom. The Kier molecular flexibility index (Phi) is 5.87. The number of carbonyl (C=O) groups is 1. The van der Waals surface area contributed by atoms with Crippen LogP contribution in [0, 0.1) is 5.82 Å². The van der Waals surface area contributed by atoms with Crippen molar-refractivity contribution in [2.24, 2.45) is 0 Å². The molecule has 0 aliphatic rings. The van der Waals surface area contributed by atoms with Gasteiger partial charge < -0.3 is 19.5 Å². The van der Waals surface area contributed by atoms with Crippen molar-refractivity contribution < 1.29 is 23.4 Å². The van der Waals surface area contributed by atoms with Gasteiger partial charge >= 0.3 is 0 Å². The predicted molar refractivity (Wildman–Crippen MR) is 88.7 cm³/mol. The fourth-order valence-electron chi connectivity index (χ4n) is 2.17. The molecule has 24 heavy (non-hydrogen) atoms. The van der Waals surface area contributed by atoms with Crippen LogP contribution in [0.25, 0.3) is 0 Å². The minimum atomic E-state index is -0.642. The van der Waals surface area contributed by atoms with Gasteiger partial charge in [0, 0.05) is 23.2 Å². The van der Waals surface area contributed by atoms with Crippen LogP contribution < -0.4 is 19.5 Å². The highest BCUT2D eigenvalue weighted by Crippen LogP contribution is 2.34. The third-order valence-electron chi connectivity index (χ3n) is 3.40. The molecule has 128 valence electrons. The molecule has 0 radical (unpaired) electrons. The summed E-state index contributed by atoms with van der Waals surface area (Å²) in [6, 6.07) is 7.14. The SMILES string of the molecule is COc1cc(OC)c(OC)cc1CNC(=O)c1cc(Cl)ccc1F. The van der Waals surface area contributed by atoms with Crippen molar-refractivity contribution in [3.05, 3.63) is 52.3 Å². The zero-order valence-corrected chi connectivity index (χ0v) is 14.2. The van der Waals surface area contributed by atoms with Crippen molar-refractivity contribution in [2.75, 3.05) is 21.3 Å². The second kappa shape index (κ2) is 7.88. The number of ether oxygens (including phenoxy) is 3. The summed E-state index contributed by atoms with van der Waals surface area (Å²) in [6.45, 7) is 0.119. The van der Waals surface area contributed by atoms with Crippen LogP contribution in [0.1, 0.15) is 15.9 Å². The molecule has 0 spiro atoms. The zero-order chi connectivity index (χ0) is 17.7. The van der Waals surface area contributed by atoms with Gasteiger partial charge in [-0.3, -0.25) is 4.79 Å². The lowest BCUT2D eigenvalue weighted by molar-refractivity contribution is 0.0946. The number of methoxy groups -OCH3 is 3. The third-order valence-corrected chi connectivity index (χ3v) is 3.63. The normalized spacial score (nSPS) is 10.2. The first-order valence-electron chi connectivity index (χ1n) is 7.02. The molecule has 0 atom stereocenters. The smallest absolute Gasteiger partial charge is 0.254 e. The van der Waals surface area contributed by atoms with Gasteiger partial charge in [-0.2, -0.15) is 0 Å². The Balaban J connectivity index is 2.22. The minimum Gasteiger partial charge on any atom is -0.496 e. The fraction of sp³-hybridized carbons (Fsp3) is 0.235. The molecule has 0 saturated heterocycles. The highest BCUT2D eigenvalue weighted by atomic mass is 35.5. The van der Waals surface area contributed by atoms with Crippen LogP contribution >= 0.6 is 11.6 Å². The van der Waals surface area contributed by atoms with Crippen molar-refractivity contribution in [3.8, 4) is 17.2 Å². The summed E-state index contributed by atoms with van der Waals surface area (Å²) in [5.74, 6) is 0.296. The van der Waals surface area contributed by atoms with Crippen molar-refractivity contribution in [2.45, 2.75) is 6.54 Å². The standard InChI is InChI=1S/C17H17ClFNO4/c1-22-14-8-16(24-3)15(23-2)6-10(14)9-20-17(21)12-7-11(18)4-5-13(12)19/h4-8H,9H2,1-3H3,(H,20,21). The topological polar surface area (TPSA) is 56.8 Å². The molecule has 0 saturated carbocycles. The molecule has 1 N–H and O–H groups in total. The fourth-order valence-corrected chi connectivity index (χ4v) is 2.34. The Hall–Kier alpha value is -2.47. The van der Waals surface area contributed by atoms with Crippen LogP contribution in [0.5, 0.6) is 17.2 Å². The van der Waals surface area contributed by atoms with Crippen molar-refractivity contribution >= 4 is 17.5 Å². The number of amides is 1. The molecule has 0 unspecified atom stereocenters. The van der Waals surface area contributed by atoms with Gasteiger partial charge in [0.25, 0.3) is 5.91 Å². The van der Waals surface area contributed by atoms with Crippen LogP contribution in [0.3, 0.4) is 0 Å². The van der Waals surface area contributed by atoms with E-state index in [4.69, 9.17) is 25.8 Å². The summed E-state index contributed by atoms with van der Waals surface area (Å²) in [5.41, 5.74) is 0.535. The van der Waals surface area contributed by atoms with Gasteiger partial charge in [-0.05, 0) is 24.3 Å². The second-order valence-electron chi connectivity index (χ2n) is 4.83. The van der Waals surface area contributed by atoms with Crippen LogP contribution in [-0.4, -0.2) is 27.2 Å². The van der Waals surface area contributed by atoms with E-state index in [2.05, 4.69) is 5.32 Å². The molecule has 2 aromatic rings. The summed E-state index contributed by atoms with van der Waals surface area (Å²) in [7, 11) is 4.53. The minimum absolute atomic E-state index is 0.119. The lowest BCUT2D eigenvalue weighted by Gasteiger charge is -2.14. The number of carbonyl (C=O) groups excluding carboxylic acids is 1. The number of nitrogens with one attached hydrogen (secondary N) is 1. The molecular formula is C17H17ClFNO4. The third kappa shape index (κ3) is 3.89. The van der Waals surface area contributed by atoms with Gasteiger partial charge in [-0.15, -0.1) is 0 Å². The van der Waals surface area contributed by atoms with Crippen molar-refractivity contribution in [3.63, 3.8) is 0 Å². The van der Waals surface area contributed by atoms with Gasteiger partial charge in [-0.1, -0.05) is 11.6 Å². The maximum Gasteiger partial charge on any atom is 0.254 e. The van der Waals surface area contributed by atoms with Crippen LogP contribution in [0.15, 0.2) is 30.3 Å². The number of halogens is 2. The van der Waals surface area contributed by atoms with E-state index in [1.807, 2.05) is 0 Å². The molecule has 0 aliphatic heterocycles. The van der Waals surface area contributed by atoms with Gasteiger partial charge in [-0.25, -0.2) is 4.39 Å². The summed E-state index contributed by atoms with van der Waals surface area (Å²) in [5, 5.41) is 2.92. The molecule has 2 rings (SSSR count). The highest BCUT2D eigenvalue weighted by Gasteiger charge is 2.15. The molecule has 7 heteroatoms. The Bertz CT molecular complexity index is 752. The molecule has 0 aliphatic carbocycles. The van der Waals surface area contributed by atoms with E-state index in [-0.39, 0.29) is 17.1 Å². The first-order chi connectivity index (χ1) is 11.5. The van der Waals surface area contributed by atoms with E-state index in [1.54, 1.807) is 12.1 Å². The number of rotatable bonds is 6. The molecule has 0 heterocycles. The number of hydrogen-bond donors (Lipinski definition) is 1. The number of hydrogen-bond acceptors (Lipinski definition) is 4. The lowest BCUT2D eigenvalue weighted by Crippen LogP contribution is -2.24. The van der Waals surface area contributed by atoms with Crippen LogP contribution in [0.2, 0.25) is 5.02 Å². The van der Waals surface area contributed by atoms with Gasteiger partial charge in [0.1, 0.15) is 11.6 Å². The van der Waals surface area contributed by atoms with Crippen molar-refractivity contribution in [1.82, 2.24) is 5.32 Å². The lowest BCUT2D eigenvalue weighted by atomic mass is 10.1. The Labute approximate surface area is 144 Å². The van der Waals surface area contributed by atoms with Gasteiger partial charge in [0.15, 0.2) is 11.5 Å². The molecule has 1 amide bonds. The van der Waals surface area contributed by atoms with E-state index in [1.165, 1.54) is 33.5 Å². The molecule has 0 fully saturated rings. The maximum absolute atomic E-state index is 13.7. The number of benzene rings is 2. The van der Waals surface area contributed by atoms with Crippen molar-refractivity contribution in [1.29, 1.82) is 0 Å². The summed E-state index contributed by atoms with van der Waals surface area (Å²) in [4.78, 5) is 12.2. The summed E-state index contributed by atoms with van der Waals surface area (Å²) < 4.78 is 29.4. The van der Waals surface area contributed by atoms with Gasteiger partial charge in [0.2, 0.25) is 0 Å². The van der Waals surface area contributed by atoms with Crippen LogP contribution in [0.4, 0.5) is 4.39 Å². The van der Waals surface area contributed by atoms with Crippen LogP contribution in [-0.2, 0) is 6.54 Å². The average Bonchev–Trinajstić information content (AvgIpc) is 2.60. The van der Waals surface area contributed by atoms with E-state index < -0.39 is 11.7 Å². The Morgan fingerprint density at radius 3 is 2.29 bits per heavy atom. The highest BCUT2D eigenvalue weighted by molar-refractivity contribution is 6.31. The average molecular weight is 354 g/mol. The monoisotopic (exact) mass is 353 g/mol. The largest absolute Gasteiger partial charge is 0.496 e. The zero-order valence-electron chi connectivity index (χ0n) is 13.5. The molecule has 2 aromatic carbocycles. The van der Waals surface area contributed by atoms with Gasteiger partial charge in [0.05, 0.1) is 26.9 Å². The molecule has 5 nitrogen and oxygen atoms in total. The predicted octanol–water partition coefficient (Wildman–Crippen LogP) is 3.43. The quantitative estimate of drug-likeness (QED) is 0.864. The molecule has 0 bridgehead atoms.